The minimum absolute atomic E-state index is 0.196. The molecule has 0 saturated carbocycles. The van der Waals surface area contributed by atoms with Gasteiger partial charge in [-0.15, -0.1) is 0 Å². The molecule has 0 aliphatic carbocycles. The molecule has 1 N–H and O–H groups in total. The molecule has 1 aromatic carbocycles. The second kappa shape index (κ2) is 3.81. The first-order valence-electron chi connectivity index (χ1n) is 6.04. The zero-order chi connectivity index (χ0) is 11.9. The molecule has 1 amide bonds. The van der Waals surface area contributed by atoms with Crippen LogP contribution in [-0.4, -0.2) is 23.9 Å². The number of hydrogen-bond acceptors (Lipinski definition) is 2. The van der Waals surface area contributed by atoms with E-state index in [1.165, 1.54) is 12.1 Å². The lowest BCUT2D eigenvalue weighted by molar-refractivity contribution is -0.133. The minimum Gasteiger partial charge on any atom is -0.320 e. The molecule has 2 aliphatic rings. The van der Waals surface area contributed by atoms with E-state index in [-0.39, 0.29) is 17.4 Å². The van der Waals surface area contributed by atoms with Gasteiger partial charge in [-0.05, 0) is 37.1 Å². The predicted octanol–water partition coefficient (Wildman–Crippen LogP) is 1.59. The summed E-state index contributed by atoms with van der Waals surface area (Å²) in [5, 5.41) is 3.44. The maximum Gasteiger partial charge on any atom is 0.224 e. The molecule has 2 saturated heterocycles. The Morgan fingerprint density at radius 1 is 1.29 bits per heavy atom. The van der Waals surface area contributed by atoms with Gasteiger partial charge in [-0.25, -0.2) is 4.39 Å². The molecule has 4 heteroatoms. The monoisotopic (exact) mass is 234 g/mol. The molecule has 0 aromatic heterocycles. The van der Waals surface area contributed by atoms with Crippen LogP contribution in [0.15, 0.2) is 24.3 Å². The molecule has 3 nitrogen and oxygen atoms in total. The van der Waals surface area contributed by atoms with Gasteiger partial charge in [-0.2, -0.15) is 0 Å². The highest BCUT2D eigenvalue weighted by Crippen LogP contribution is 2.38. The molecule has 2 fully saturated rings. The third-order valence-corrected chi connectivity index (χ3v) is 3.76. The molecule has 90 valence electrons. The third-order valence-electron chi connectivity index (χ3n) is 3.76. The van der Waals surface area contributed by atoms with Gasteiger partial charge in [-0.1, -0.05) is 12.1 Å². The standard InChI is InChI=1S/C13H15FN2O/c14-11-4-2-10(3-5-11)13-7-6-12(17)16(13)9-1-8-15-13/h2-5,15H,1,6-9H2. The Morgan fingerprint density at radius 2 is 2.06 bits per heavy atom. The quantitative estimate of drug-likeness (QED) is 0.800. The fourth-order valence-corrected chi connectivity index (χ4v) is 2.93. The number of nitrogens with zero attached hydrogens (tertiary/aromatic N) is 1. The Balaban J connectivity index is 2.03. The van der Waals surface area contributed by atoms with Crippen molar-refractivity contribution in [3.63, 3.8) is 0 Å². The van der Waals surface area contributed by atoms with E-state index in [1.807, 2.05) is 4.90 Å². The van der Waals surface area contributed by atoms with Gasteiger partial charge < -0.3 is 4.90 Å². The van der Waals surface area contributed by atoms with E-state index in [0.29, 0.717) is 6.42 Å². The molecular formula is C13H15FN2O. The number of rotatable bonds is 1. The average Bonchev–Trinajstić information content (AvgIpc) is 2.70. The number of hydrogen-bond donors (Lipinski definition) is 1. The zero-order valence-corrected chi connectivity index (χ0v) is 9.58. The Bertz CT molecular complexity index is 445. The molecule has 1 unspecified atom stereocenters. The average molecular weight is 234 g/mol. The zero-order valence-electron chi connectivity index (χ0n) is 9.58. The smallest absolute Gasteiger partial charge is 0.224 e. The van der Waals surface area contributed by atoms with E-state index >= 15 is 0 Å². The Labute approximate surface area is 99.6 Å². The van der Waals surface area contributed by atoms with E-state index in [1.54, 1.807) is 12.1 Å². The highest BCUT2D eigenvalue weighted by atomic mass is 19.1. The van der Waals surface area contributed by atoms with Crippen LogP contribution in [0.2, 0.25) is 0 Å². The van der Waals surface area contributed by atoms with Gasteiger partial charge in [0.2, 0.25) is 5.91 Å². The van der Waals surface area contributed by atoms with Crippen molar-refractivity contribution in [3.8, 4) is 0 Å². The van der Waals surface area contributed by atoms with Crippen LogP contribution in [0.3, 0.4) is 0 Å². The van der Waals surface area contributed by atoms with Gasteiger partial charge >= 0.3 is 0 Å². The molecule has 0 radical (unpaired) electrons. The van der Waals surface area contributed by atoms with Gasteiger partial charge in [0.25, 0.3) is 0 Å². The van der Waals surface area contributed by atoms with Crippen LogP contribution < -0.4 is 5.32 Å². The summed E-state index contributed by atoms with van der Waals surface area (Å²) < 4.78 is 13.0. The van der Waals surface area contributed by atoms with Crippen molar-refractivity contribution >= 4 is 5.91 Å². The lowest BCUT2D eigenvalue weighted by atomic mass is 9.94. The number of halogens is 1. The number of nitrogens with one attached hydrogen (secondary N) is 1. The number of carbonyl (C=O) groups excluding carboxylic acids is 1. The van der Waals surface area contributed by atoms with Crippen molar-refractivity contribution in [3.05, 3.63) is 35.6 Å². The second-order valence-electron chi connectivity index (χ2n) is 4.69. The summed E-state index contributed by atoms with van der Waals surface area (Å²) in [6.45, 7) is 1.70. The fraction of sp³-hybridized carbons (Fsp3) is 0.462. The van der Waals surface area contributed by atoms with Crippen molar-refractivity contribution in [2.45, 2.75) is 24.9 Å². The van der Waals surface area contributed by atoms with Crippen LogP contribution in [0, 0.1) is 5.82 Å². The predicted molar refractivity (Wildman–Crippen MR) is 61.6 cm³/mol. The van der Waals surface area contributed by atoms with Crippen LogP contribution in [0.4, 0.5) is 4.39 Å². The molecule has 17 heavy (non-hydrogen) atoms. The van der Waals surface area contributed by atoms with Gasteiger partial charge in [0.1, 0.15) is 11.5 Å². The lowest BCUT2D eigenvalue weighted by Gasteiger charge is -2.43. The molecule has 1 aromatic rings. The third kappa shape index (κ3) is 1.55. The van der Waals surface area contributed by atoms with Crippen LogP contribution in [0.25, 0.3) is 0 Å². The summed E-state index contributed by atoms with van der Waals surface area (Å²) >= 11 is 0. The number of benzene rings is 1. The van der Waals surface area contributed by atoms with E-state index in [0.717, 1.165) is 31.5 Å². The summed E-state index contributed by atoms with van der Waals surface area (Å²) in [4.78, 5) is 13.8. The van der Waals surface area contributed by atoms with Crippen molar-refractivity contribution in [1.29, 1.82) is 0 Å². The van der Waals surface area contributed by atoms with Gasteiger partial charge in [0, 0.05) is 13.0 Å². The van der Waals surface area contributed by atoms with Crippen LogP contribution in [-0.2, 0) is 10.5 Å². The highest BCUT2D eigenvalue weighted by Gasteiger charge is 2.47. The number of amides is 1. The Hall–Kier alpha value is -1.42. The van der Waals surface area contributed by atoms with E-state index in [2.05, 4.69) is 5.32 Å². The first-order valence-corrected chi connectivity index (χ1v) is 6.04. The van der Waals surface area contributed by atoms with Gasteiger partial charge in [0.15, 0.2) is 0 Å². The van der Waals surface area contributed by atoms with E-state index in [9.17, 15) is 9.18 Å². The van der Waals surface area contributed by atoms with Crippen molar-refractivity contribution in [2.75, 3.05) is 13.1 Å². The molecular weight excluding hydrogens is 219 g/mol. The maximum absolute atomic E-state index is 13.0. The normalized spacial score (nSPS) is 28.3. The first-order chi connectivity index (χ1) is 8.22. The molecule has 3 rings (SSSR count). The molecule has 2 aliphatic heterocycles. The fourth-order valence-electron chi connectivity index (χ4n) is 2.93. The first kappa shape index (κ1) is 10.7. The summed E-state index contributed by atoms with van der Waals surface area (Å²) in [6.07, 6.45) is 2.33. The number of fused-ring (bicyclic) bond motifs is 1. The lowest BCUT2D eigenvalue weighted by Crippen LogP contribution is -2.58. The Kier molecular flexibility index (Phi) is 2.40. The molecule has 2 heterocycles. The topological polar surface area (TPSA) is 32.3 Å². The molecule has 0 spiro atoms. The van der Waals surface area contributed by atoms with Crippen LogP contribution >= 0.6 is 0 Å². The maximum atomic E-state index is 13.0. The van der Waals surface area contributed by atoms with Gasteiger partial charge in [-0.3, -0.25) is 10.1 Å². The van der Waals surface area contributed by atoms with Crippen molar-refractivity contribution < 1.29 is 9.18 Å². The highest BCUT2D eigenvalue weighted by molar-refractivity contribution is 5.80. The SMILES string of the molecule is O=C1CCC2(c3ccc(F)cc3)NCCCN12. The molecule has 0 bridgehead atoms. The van der Waals surface area contributed by atoms with E-state index in [4.69, 9.17) is 0 Å². The number of carbonyl (C=O) groups is 1. The van der Waals surface area contributed by atoms with Crippen LogP contribution in [0.5, 0.6) is 0 Å². The largest absolute Gasteiger partial charge is 0.320 e. The Morgan fingerprint density at radius 3 is 2.82 bits per heavy atom. The summed E-state index contributed by atoms with van der Waals surface area (Å²) in [7, 11) is 0. The van der Waals surface area contributed by atoms with Crippen molar-refractivity contribution in [2.24, 2.45) is 0 Å². The van der Waals surface area contributed by atoms with Gasteiger partial charge in [0.05, 0.1) is 0 Å². The second-order valence-corrected chi connectivity index (χ2v) is 4.69. The summed E-state index contributed by atoms with van der Waals surface area (Å²) in [5.74, 6) is -0.0432. The van der Waals surface area contributed by atoms with E-state index < -0.39 is 0 Å². The summed E-state index contributed by atoms with van der Waals surface area (Å²) in [5.41, 5.74) is 0.604. The van der Waals surface area contributed by atoms with Crippen molar-refractivity contribution in [1.82, 2.24) is 10.2 Å². The summed E-state index contributed by atoms with van der Waals surface area (Å²) in [6, 6.07) is 6.47. The minimum atomic E-state index is -0.386. The molecule has 1 atom stereocenters. The van der Waals surface area contributed by atoms with Crippen LogP contribution in [0.1, 0.15) is 24.8 Å².